The van der Waals surface area contributed by atoms with Gasteiger partial charge >= 0.3 is 87.5 Å². The monoisotopic (exact) mass is 260 g/mol. The molecule has 5 heteroatoms. The van der Waals surface area contributed by atoms with Gasteiger partial charge in [-0.05, 0) is 0 Å². The number of hydrogen-bond donors (Lipinski definition) is 0. The van der Waals surface area contributed by atoms with Gasteiger partial charge in [0.2, 0.25) is 0 Å². The molecule has 0 fully saturated rings. The zero-order valence-corrected chi connectivity index (χ0v) is 9.97. The second-order valence-corrected chi connectivity index (χ2v) is 13.0. The fourth-order valence-corrected chi connectivity index (χ4v) is 1.93. The van der Waals surface area contributed by atoms with E-state index in [0.717, 1.165) is 5.56 Å². The molecule has 1 rings (SSSR count). The molecule has 0 atom stereocenters. The van der Waals surface area contributed by atoms with Crippen LogP contribution in [0.4, 0.5) is 0 Å². The van der Waals surface area contributed by atoms with Crippen molar-refractivity contribution in [3.63, 3.8) is 0 Å². The second-order valence-electron chi connectivity index (χ2n) is 2.22. The van der Waals surface area contributed by atoms with E-state index in [4.69, 9.17) is 31.2 Å². The fourth-order valence-electron chi connectivity index (χ4n) is 0.739. The third-order valence-corrected chi connectivity index (χ3v) is 3.33. The molecule has 12 heavy (non-hydrogen) atoms. The zero-order chi connectivity index (χ0) is 9.03. The van der Waals surface area contributed by atoms with Crippen molar-refractivity contribution in [2.75, 3.05) is 0 Å². The average Bonchev–Trinajstić information content (AvgIpc) is 2.02. The molecule has 1 aromatic rings. The van der Waals surface area contributed by atoms with Crippen LogP contribution in [-0.4, -0.2) is 0 Å². The minimum atomic E-state index is -3.38. The van der Waals surface area contributed by atoms with Gasteiger partial charge in [-0.3, -0.25) is 0 Å². The van der Waals surface area contributed by atoms with E-state index in [9.17, 15) is 0 Å². The van der Waals surface area contributed by atoms with Crippen molar-refractivity contribution in [3.05, 3.63) is 35.9 Å². The fraction of sp³-hybridized carbons (Fsp3) is 0.143. The Labute approximate surface area is 87.0 Å². The third-order valence-electron chi connectivity index (χ3n) is 1.25. The normalized spacial score (nSPS) is 11.6. The maximum absolute atomic E-state index is 5.58. The first kappa shape index (κ1) is 10.8. The van der Waals surface area contributed by atoms with Gasteiger partial charge in [0.15, 0.2) is 0 Å². The van der Waals surface area contributed by atoms with Crippen LogP contribution in [-0.2, 0) is 23.7 Å². The minimum absolute atomic E-state index is 0.386. The Morgan fingerprint density at radius 3 is 2.17 bits per heavy atom. The van der Waals surface area contributed by atoms with Crippen LogP contribution in [0.1, 0.15) is 5.56 Å². The van der Waals surface area contributed by atoms with Crippen LogP contribution in [0.5, 0.6) is 0 Å². The molecule has 66 valence electrons. The zero-order valence-electron chi connectivity index (χ0n) is 6.14. The van der Waals surface area contributed by atoms with Crippen molar-refractivity contribution in [1.82, 2.24) is 0 Å². The number of halogens is 3. The molecule has 0 saturated carbocycles. The van der Waals surface area contributed by atoms with Gasteiger partial charge in [0, 0.05) is 0 Å². The van der Waals surface area contributed by atoms with Crippen molar-refractivity contribution in [1.29, 1.82) is 0 Å². The molecule has 0 spiro atoms. The molecule has 0 radical (unpaired) electrons. The first-order chi connectivity index (χ1) is 5.58. The van der Waals surface area contributed by atoms with Crippen molar-refractivity contribution in [2.24, 2.45) is 0 Å². The Balaban J connectivity index is 2.44. The summed E-state index contributed by atoms with van der Waals surface area (Å²) in [5.74, 6) is 0. The molecule has 0 aliphatic rings. The first-order valence-corrected chi connectivity index (χ1v) is 10.4. The molecule has 0 saturated heterocycles. The third kappa shape index (κ3) is 4.71. The van der Waals surface area contributed by atoms with E-state index in [1.165, 1.54) is 0 Å². The van der Waals surface area contributed by atoms with Crippen molar-refractivity contribution in [2.45, 2.75) is 6.61 Å². The topological polar surface area (TPSA) is 9.23 Å². The molecule has 0 N–H and O–H groups in total. The summed E-state index contributed by atoms with van der Waals surface area (Å²) < 4.78 is 5.10. The summed E-state index contributed by atoms with van der Waals surface area (Å²) in [6.45, 7) is 0.386. The van der Waals surface area contributed by atoms with Crippen molar-refractivity contribution >= 4 is 27.9 Å². The van der Waals surface area contributed by atoms with Gasteiger partial charge in [-0.25, -0.2) is 0 Å². The summed E-state index contributed by atoms with van der Waals surface area (Å²) in [5, 5.41) is 0. The Morgan fingerprint density at radius 2 is 1.67 bits per heavy atom. The predicted octanol–water partition coefficient (Wildman–Crippen LogP) is 3.73. The van der Waals surface area contributed by atoms with Gasteiger partial charge in [0.25, 0.3) is 0 Å². The average molecular weight is 261 g/mol. The quantitative estimate of drug-likeness (QED) is 0.753. The Bertz CT molecular complexity index is 234. The van der Waals surface area contributed by atoms with Gasteiger partial charge in [0.05, 0.1) is 0 Å². The number of rotatable bonds is 3. The van der Waals surface area contributed by atoms with Crippen LogP contribution in [0, 0.1) is 0 Å². The molecule has 0 aliphatic heterocycles. The second kappa shape index (κ2) is 4.85. The first-order valence-electron chi connectivity index (χ1n) is 3.32. The Morgan fingerprint density at radius 1 is 1.08 bits per heavy atom. The van der Waals surface area contributed by atoms with E-state index < -0.39 is 13.8 Å². The van der Waals surface area contributed by atoms with Crippen LogP contribution in [0.3, 0.4) is 0 Å². The van der Waals surface area contributed by atoms with Crippen LogP contribution in [0.25, 0.3) is 0 Å². The Hall–Kier alpha value is 0.764. The molecular formula is C7H7Cl3OTi. The summed E-state index contributed by atoms with van der Waals surface area (Å²) in [7, 11) is 16.7. The van der Waals surface area contributed by atoms with E-state index >= 15 is 0 Å². The summed E-state index contributed by atoms with van der Waals surface area (Å²) >= 11 is -3.38. The molecule has 0 aliphatic carbocycles. The molecule has 0 bridgehead atoms. The van der Waals surface area contributed by atoms with Crippen LogP contribution < -0.4 is 0 Å². The van der Waals surface area contributed by atoms with E-state index in [2.05, 4.69) is 0 Å². The SMILES string of the molecule is [Cl][Ti]([Cl])([Cl])[O]Cc1ccccc1. The summed E-state index contributed by atoms with van der Waals surface area (Å²) in [6, 6.07) is 9.63. The predicted molar refractivity (Wildman–Crippen MR) is 48.8 cm³/mol. The van der Waals surface area contributed by atoms with E-state index in [-0.39, 0.29) is 0 Å². The van der Waals surface area contributed by atoms with Crippen LogP contribution in [0.2, 0.25) is 0 Å². The van der Waals surface area contributed by atoms with Crippen LogP contribution >= 0.6 is 27.9 Å². The summed E-state index contributed by atoms with van der Waals surface area (Å²) in [6.07, 6.45) is 0. The maximum atomic E-state index is 5.58. The van der Waals surface area contributed by atoms with Crippen LogP contribution in [0.15, 0.2) is 30.3 Å². The van der Waals surface area contributed by atoms with Crippen molar-refractivity contribution < 1.29 is 17.1 Å². The standard InChI is InChI=1S/C7H7O.3ClH.Ti/c8-6-7-4-2-1-3-5-7;;;;/h1-5H,6H2;3*1H;/q-1;;;;+4/p-3. The molecular weight excluding hydrogens is 254 g/mol. The van der Waals surface area contributed by atoms with Gasteiger partial charge in [-0.2, -0.15) is 0 Å². The van der Waals surface area contributed by atoms with E-state index in [1.54, 1.807) is 0 Å². The molecule has 0 aromatic heterocycles. The number of benzene rings is 1. The van der Waals surface area contributed by atoms with Gasteiger partial charge in [0.1, 0.15) is 0 Å². The summed E-state index contributed by atoms with van der Waals surface area (Å²) in [4.78, 5) is 0. The molecule has 1 nitrogen and oxygen atoms in total. The molecule has 0 heterocycles. The molecule has 1 aromatic carbocycles. The molecule has 0 unspecified atom stereocenters. The van der Waals surface area contributed by atoms with Gasteiger partial charge in [-0.15, -0.1) is 0 Å². The van der Waals surface area contributed by atoms with E-state index in [0.29, 0.717) is 6.61 Å². The molecule has 0 amide bonds. The Kier molecular flexibility index (Phi) is 4.38. The van der Waals surface area contributed by atoms with Crippen molar-refractivity contribution in [3.8, 4) is 0 Å². The number of hydrogen-bond acceptors (Lipinski definition) is 1. The van der Waals surface area contributed by atoms with Gasteiger partial charge < -0.3 is 0 Å². The summed E-state index contributed by atoms with van der Waals surface area (Å²) in [5.41, 5.74) is 1.02. The van der Waals surface area contributed by atoms with E-state index in [1.807, 2.05) is 30.3 Å². The van der Waals surface area contributed by atoms with Gasteiger partial charge in [-0.1, -0.05) is 0 Å².